The minimum Gasteiger partial charge on any atom is -0.490 e. The Morgan fingerprint density at radius 2 is 1.83 bits per heavy atom. The first kappa shape index (κ1) is 41.7. The lowest BCUT2D eigenvalue weighted by Crippen LogP contribution is -2.59. The van der Waals surface area contributed by atoms with E-state index in [1.807, 2.05) is 26.2 Å². The van der Waals surface area contributed by atoms with E-state index in [9.17, 15) is 24.3 Å². The molecule has 3 saturated carbocycles. The number of carboxylic acid groups (broad SMARTS) is 1. The number of carboxylic acids is 1. The summed E-state index contributed by atoms with van der Waals surface area (Å²) >= 11 is 8.38. The summed E-state index contributed by atoms with van der Waals surface area (Å²) in [5.74, 6) is -0.625. The van der Waals surface area contributed by atoms with Crippen LogP contribution in [-0.2, 0) is 23.9 Å². The molecule has 3 heterocycles. The minimum absolute atomic E-state index is 0.0258. The van der Waals surface area contributed by atoms with Gasteiger partial charge in [0, 0.05) is 36.3 Å². The van der Waals surface area contributed by atoms with Gasteiger partial charge in [0.2, 0.25) is 11.8 Å². The number of thiazole rings is 1. The number of rotatable bonds is 15. The third-order valence-corrected chi connectivity index (χ3v) is 13.0. The van der Waals surface area contributed by atoms with Gasteiger partial charge in [0.05, 0.1) is 24.4 Å². The van der Waals surface area contributed by atoms with E-state index in [0.29, 0.717) is 51.5 Å². The molecule has 8 atom stereocenters. The Hall–Kier alpha value is -4.47. The highest BCUT2D eigenvalue weighted by Gasteiger charge is 2.61. The van der Waals surface area contributed by atoms with Gasteiger partial charge in [-0.2, -0.15) is 0 Å². The predicted molar refractivity (Wildman–Crippen MR) is 218 cm³/mol. The number of hydrogen-bond donors (Lipinski definition) is 3. The number of carbonyl (C=O) groups excluding carboxylic acids is 3. The van der Waals surface area contributed by atoms with Crippen molar-refractivity contribution in [3.05, 3.63) is 47.0 Å². The first-order chi connectivity index (χ1) is 27.5. The summed E-state index contributed by atoms with van der Waals surface area (Å²) in [4.78, 5) is 65.7. The molecule has 7 rings (SSSR count). The third kappa shape index (κ3) is 8.48. The molecule has 4 aliphatic rings. The number of pyridine rings is 1. The Labute approximate surface area is 347 Å². The number of likely N-dealkylation sites (tertiary alicyclic amines) is 1. The van der Waals surface area contributed by atoms with E-state index in [2.05, 4.69) is 31.1 Å². The molecule has 14 nitrogen and oxygen atoms in total. The molecule has 0 bridgehead atoms. The van der Waals surface area contributed by atoms with Gasteiger partial charge in [0.15, 0.2) is 0 Å². The Balaban J connectivity index is 1.21. The molecule has 3 N–H and O–H groups in total. The number of carbonyl (C=O) groups is 4. The molecular weight excluding hydrogens is 786 g/mol. The molecule has 1 unspecified atom stereocenters. The molecule has 0 radical (unpaired) electrons. The molecule has 0 spiro atoms. The Bertz CT molecular complexity index is 2090. The van der Waals surface area contributed by atoms with Crippen LogP contribution in [0.15, 0.2) is 36.2 Å². The van der Waals surface area contributed by atoms with Gasteiger partial charge in [-0.05, 0) is 61.0 Å². The van der Waals surface area contributed by atoms with Crippen LogP contribution < -0.4 is 20.1 Å². The fourth-order valence-corrected chi connectivity index (χ4v) is 9.38. The van der Waals surface area contributed by atoms with E-state index < -0.39 is 58.9 Å². The summed E-state index contributed by atoms with van der Waals surface area (Å²) in [6, 6.07) is 3.07. The average molecular weight is 838 g/mol. The van der Waals surface area contributed by atoms with Crippen molar-refractivity contribution in [3.63, 3.8) is 0 Å². The van der Waals surface area contributed by atoms with Crippen LogP contribution in [0.4, 0.5) is 4.79 Å². The van der Waals surface area contributed by atoms with Gasteiger partial charge in [-0.3, -0.25) is 9.59 Å². The number of aliphatic carboxylic acids is 1. The van der Waals surface area contributed by atoms with Crippen molar-refractivity contribution >= 4 is 57.7 Å². The monoisotopic (exact) mass is 837 g/mol. The molecular formula is C42H52ClN5O9S. The maximum absolute atomic E-state index is 14.7. The van der Waals surface area contributed by atoms with Crippen molar-refractivity contribution in [1.29, 1.82) is 0 Å². The van der Waals surface area contributed by atoms with Gasteiger partial charge >= 0.3 is 12.1 Å². The lowest BCUT2D eigenvalue weighted by Gasteiger charge is -2.35. The van der Waals surface area contributed by atoms with E-state index in [-0.39, 0.29) is 43.0 Å². The summed E-state index contributed by atoms with van der Waals surface area (Å²) < 4.78 is 23.5. The summed E-state index contributed by atoms with van der Waals surface area (Å²) in [6.45, 7) is 13.9. The summed E-state index contributed by atoms with van der Waals surface area (Å²) in [5, 5.41) is 19.2. The topological polar surface area (TPSA) is 179 Å². The van der Waals surface area contributed by atoms with Gasteiger partial charge in [-0.15, -0.1) is 17.9 Å². The fraction of sp³-hybridized carbons (Fsp3) is 0.571. The van der Waals surface area contributed by atoms with Crippen LogP contribution in [0.2, 0.25) is 5.02 Å². The van der Waals surface area contributed by atoms with E-state index >= 15 is 0 Å². The standard InChI is InChI=1S/C42H52ClN5O9S/c1-8-24-18-42(24,39(51)52)47-36(49)30-16-26(19-48(30)38(50)35(41(4,5)6)46-40(53)57-25-14-22-13-23(22)15-25)56-32-17-28(37-45-29(20-58-37)21(2)3)44-34-27(32)9-10-31(33(34)43)55-12-11-54-7/h8-10,17,20-26,30,35H,1,11-16,18-19H2,2-7H3,(H,46,53)(H,47,49)(H,51,52)/t22-,23+,24-,25+,26-,30+,35?,42-/m1/s1. The lowest BCUT2D eigenvalue weighted by molar-refractivity contribution is -0.146. The number of fused-ring (bicyclic) bond motifs is 2. The average Bonchev–Trinajstić information content (AvgIpc) is 3.81. The number of nitrogens with one attached hydrogen (secondary N) is 2. The zero-order chi connectivity index (χ0) is 41.7. The molecule has 1 aromatic carbocycles. The fourth-order valence-electron chi connectivity index (χ4n) is 8.18. The molecule has 312 valence electrons. The number of amides is 3. The number of nitrogens with zero attached hydrogens (tertiary/aromatic N) is 3. The van der Waals surface area contributed by atoms with Crippen molar-refractivity contribution in [2.75, 3.05) is 26.9 Å². The summed E-state index contributed by atoms with van der Waals surface area (Å²) in [6.07, 6.45) is 2.88. The second kappa shape index (κ2) is 16.3. The van der Waals surface area contributed by atoms with E-state index in [4.69, 9.17) is 40.5 Å². The van der Waals surface area contributed by atoms with Gasteiger partial charge in [-0.25, -0.2) is 19.6 Å². The van der Waals surface area contributed by atoms with Gasteiger partial charge in [0.1, 0.15) is 63.7 Å². The highest BCUT2D eigenvalue weighted by molar-refractivity contribution is 7.13. The van der Waals surface area contributed by atoms with Crippen LogP contribution in [0.25, 0.3) is 21.6 Å². The molecule has 1 saturated heterocycles. The number of hydrogen-bond acceptors (Lipinski definition) is 11. The lowest BCUT2D eigenvalue weighted by atomic mass is 9.85. The van der Waals surface area contributed by atoms with E-state index in [1.54, 1.807) is 25.3 Å². The van der Waals surface area contributed by atoms with E-state index in [1.165, 1.54) is 28.7 Å². The second-order valence-corrected chi connectivity index (χ2v) is 18.6. The number of alkyl carbamates (subject to hydrolysis) is 1. The first-order valence-electron chi connectivity index (χ1n) is 19.9. The minimum atomic E-state index is -1.53. The maximum atomic E-state index is 14.7. The van der Waals surface area contributed by atoms with Crippen molar-refractivity contribution in [2.24, 2.45) is 23.2 Å². The summed E-state index contributed by atoms with van der Waals surface area (Å²) in [5.41, 5.74) is -0.492. The third-order valence-electron chi connectivity index (χ3n) is 11.7. The van der Waals surface area contributed by atoms with Crippen LogP contribution >= 0.6 is 22.9 Å². The summed E-state index contributed by atoms with van der Waals surface area (Å²) in [7, 11) is 1.58. The first-order valence-corrected chi connectivity index (χ1v) is 21.1. The van der Waals surface area contributed by atoms with Gasteiger partial charge in [-0.1, -0.05) is 52.3 Å². The normalized spacial score (nSPS) is 26.5. The molecule has 16 heteroatoms. The van der Waals surface area contributed by atoms with Crippen LogP contribution in [0.5, 0.6) is 11.5 Å². The van der Waals surface area contributed by atoms with Crippen molar-refractivity contribution in [1.82, 2.24) is 25.5 Å². The second-order valence-electron chi connectivity index (χ2n) is 17.3. The number of benzene rings is 1. The highest BCUT2D eigenvalue weighted by atomic mass is 35.5. The van der Waals surface area contributed by atoms with Crippen molar-refractivity contribution in [3.8, 4) is 22.2 Å². The largest absolute Gasteiger partial charge is 0.490 e. The number of methoxy groups -OCH3 is 1. The number of halogens is 1. The molecule has 58 heavy (non-hydrogen) atoms. The van der Waals surface area contributed by atoms with Gasteiger partial charge < -0.3 is 39.6 Å². The molecule has 3 aromatic rings. The smallest absolute Gasteiger partial charge is 0.408 e. The van der Waals surface area contributed by atoms with Gasteiger partial charge in [0.25, 0.3) is 0 Å². The Morgan fingerprint density at radius 1 is 1.09 bits per heavy atom. The van der Waals surface area contributed by atoms with Crippen molar-refractivity contribution < 1.29 is 43.2 Å². The van der Waals surface area contributed by atoms with Crippen LogP contribution in [-0.4, -0.2) is 101 Å². The van der Waals surface area contributed by atoms with Crippen LogP contribution in [0.3, 0.4) is 0 Å². The van der Waals surface area contributed by atoms with Crippen LogP contribution in [0.1, 0.15) is 78.3 Å². The molecule has 3 aliphatic carbocycles. The maximum Gasteiger partial charge on any atom is 0.408 e. The Kier molecular flexibility index (Phi) is 11.7. The molecule has 3 amide bonds. The molecule has 4 fully saturated rings. The SMILES string of the molecule is C=C[C@@H]1C[C@]1(NC(=O)[C@@H]1C[C@@H](Oc2cc(-c3nc(C(C)C)cs3)nc3c(Cl)c(OCCOC)ccc23)CN1C(=O)C(NC(=O)O[C@@H]1C[C@@H]2C[C@@H]2C1)C(C)(C)C)C(=O)O. The number of aromatic nitrogens is 2. The Morgan fingerprint density at radius 3 is 2.45 bits per heavy atom. The number of ether oxygens (including phenoxy) is 4. The van der Waals surface area contributed by atoms with E-state index in [0.717, 1.165) is 18.5 Å². The van der Waals surface area contributed by atoms with Crippen molar-refractivity contribution in [2.45, 2.75) is 102 Å². The predicted octanol–water partition coefficient (Wildman–Crippen LogP) is 6.59. The quantitative estimate of drug-likeness (QED) is 0.111. The van der Waals surface area contributed by atoms with Crippen LogP contribution in [0, 0.1) is 23.2 Å². The molecule has 2 aromatic heterocycles. The molecule has 1 aliphatic heterocycles. The highest BCUT2D eigenvalue weighted by Crippen LogP contribution is 2.52. The zero-order valence-electron chi connectivity index (χ0n) is 33.7. The zero-order valence-corrected chi connectivity index (χ0v) is 35.3.